The van der Waals surface area contributed by atoms with E-state index in [4.69, 9.17) is 9.47 Å². The Bertz CT molecular complexity index is 1260. The van der Waals surface area contributed by atoms with Crippen molar-refractivity contribution >= 4 is 21.6 Å². The maximum Gasteiger partial charge on any atom is 0.243 e. The molecule has 3 aromatic rings. The molecule has 0 aromatic heterocycles. The minimum atomic E-state index is -3.71. The van der Waals surface area contributed by atoms with E-state index in [2.05, 4.69) is 5.32 Å². The zero-order valence-electron chi connectivity index (χ0n) is 19.9. The molecule has 1 fully saturated rings. The number of benzene rings is 3. The summed E-state index contributed by atoms with van der Waals surface area (Å²) in [4.78, 5) is 13.2. The summed E-state index contributed by atoms with van der Waals surface area (Å²) in [6.07, 6.45) is 1.26. The highest BCUT2D eigenvalue weighted by Gasteiger charge is 2.33. The van der Waals surface area contributed by atoms with Gasteiger partial charge in [0.2, 0.25) is 15.9 Å². The third-order valence-corrected chi connectivity index (χ3v) is 7.80. The molecule has 3 aromatic carbocycles. The fourth-order valence-corrected chi connectivity index (χ4v) is 5.71. The second-order valence-electron chi connectivity index (χ2n) is 8.49. The number of para-hydroxylation sites is 1. The zero-order chi connectivity index (χ0) is 24.8. The third-order valence-electron chi connectivity index (χ3n) is 5.94. The quantitative estimate of drug-likeness (QED) is 0.464. The molecule has 1 aliphatic rings. The Morgan fingerprint density at radius 2 is 1.74 bits per heavy atom. The second-order valence-corrected chi connectivity index (χ2v) is 10.4. The minimum Gasteiger partial charge on any atom is -0.494 e. The molecule has 1 heterocycles. The van der Waals surface area contributed by atoms with Crippen molar-refractivity contribution in [3.05, 3.63) is 78.4 Å². The van der Waals surface area contributed by atoms with Crippen LogP contribution < -0.4 is 14.8 Å². The van der Waals surface area contributed by atoms with Gasteiger partial charge in [-0.05, 0) is 86.8 Å². The molecule has 0 radical (unpaired) electrons. The van der Waals surface area contributed by atoms with Gasteiger partial charge in [-0.25, -0.2) is 8.42 Å². The molecule has 184 valence electrons. The fraction of sp³-hybridized carbons (Fsp3) is 0.296. The standard InChI is InChI=1S/C27H30N2O5S/c1-3-33-26-16-15-25(18-20(26)2)35(31,32)29-17-7-8-21(19-29)27(30)28-22-11-13-24(14-12-22)34-23-9-5-4-6-10-23/h4-6,9-16,18,21H,3,7-8,17,19H2,1-2H3,(H,28,30)/t21-/m1/s1. The Kier molecular flexibility index (Phi) is 7.73. The number of sulfonamides is 1. The number of amides is 1. The van der Waals surface area contributed by atoms with Gasteiger partial charge in [0.25, 0.3) is 0 Å². The summed E-state index contributed by atoms with van der Waals surface area (Å²) in [7, 11) is -3.71. The number of aryl methyl sites for hydroxylation is 1. The van der Waals surface area contributed by atoms with E-state index < -0.39 is 15.9 Å². The lowest BCUT2D eigenvalue weighted by Gasteiger charge is -2.31. The minimum absolute atomic E-state index is 0.148. The molecule has 1 amide bonds. The molecule has 1 atom stereocenters. The van der Waals surface area contributed by atoms with Crippen LogP contribution in [0.15, 0.2) is 77.7 Å². The number of rotatable bonds is 8. The highest BCUT2D eigenvalue weighted by Crippen LogP contribution is 2.28. The van der Waals surface area contributed by atoms with E-state index in [1.54, 1.807) is 42.5 Å². The van der Waals surface area contributed by atoms with Crippen molar-refractivity contribution < 1.29 is 22.7 Å². The number of nitrogens with one attached hydrogen (secondary N) is 1. The van der Waals surface area contributed by atoms with E-state index in [0.29, 0.717) is 43.2 Å². The maximum absolute atomic E-state index is 13.3. The lowest BCUT2D eigenvalue weighted by Crippen LogP contribution is -2.43. The van der Waals surface area contributed by atoms with E-state index in [0.717, 1.165) is 11.3 Å². The highest BCUT2D eigenvalue weighted by molar-refractivity contribution is 7.89. The third kappa shape index (κ3) is 6.01. The smallest absolute Gasteiger partial charge is 0.243 e. The Balaban J connectivity index is 1.39. The van der Waals surface area contributed by atoms with Crippen LogP contribution in [0, 0.1) is 12.8 Å². The average molecular weight is 495 g/mol. The van der Waals surface area contributed by atoms with Crippen molar-refractivity contribution in [1.29, 1.82) is 0 Å². The molecule has 7 nitrogen and oxygen atoms in total. The predicted octanol–water partition coefficient (Wildman–Crippen LogP) is 5.23. The van der Waals surface area contributed by atoms with E-state index >= 15 is 0 Å². The highest BCUT2D eigenvalue weighted by atomic mass is 32.2. The van der Waals surface area contributed by atoms with Crippen molar-refractivity contribution in [2.45, 2.75) is 31.6 Å². The first-order valence-electron chi connectivity index (χ1n) is 11.7. The van der Waals surface area contributed by atoms with Crippen molar-refractivity contribution in [1.82, 2.24) is 4.31 Å². The van der Waals surface area contributed by atoms with Crippen LogP contribution in [-0.2, 0) is 14.8 Å². The first-order valence-corrected chi connectivity index (χ1v) is 13.2. The number of anilines is 1. The van der Waals surface area contributed by atoms with Crippen LogP contribution in [-0.4, -0.2) is 38.3 Å². The predicted molar refractivity (Wildman–Crippen MR) is 135 cm³/mol. The van der Waals surface area contributed by atoms with Crippen LogP contribution in [0.25, 0.3) is 0 Å². The monoisotopic (exact) mass is 494 g/mol. The molecular formula is C27H30N2O5S. The number of hydrogen-bond donors (Lipinski definition) is 1. The summed E-state index contributed by atoms with van der Waals surface area (Å²) >= 11 is 0. The number of carbonyl (C=O) groups excluding carboxylic acids is 1. The molecule has 0 bridgehead atoms. The van der Waals surface area contributed by atoms with E-state index in [9.17, 15) is 13.2 Å². The maximum atomic E-state index is 13.3. The molecular weight excluding hydrogens is 464 g/mol. The number of ether oxygens (including phenoxy) is 2. The van der Waals surface area contributed by atoms with E-state index in [1.807, 2.05) is 44.2 Å². The number of nitrogens with zero attached hydrogens (tertiary/aromatic N) is 1. The van der Waals surface area contributed by atoms with Crippen molar-refractivity contribution in [3.63, 3.8) is 0 Å². The Hall–Kier alpha value is -3.36. The number of hydrogen-bond acceptors (Lipinski definition) is 5. The fourth-order valence-electron chi connectivity index (χ4n) is 4.10. The molecule has 35 heavy (non-hydrogen) atoms. The topological polar surface area (TPSA) is 84.9 Å². The summed E-state index contributed by atoms with van der Waals surface area (Å²) < 4.78 is 39.2. The largest absolute Gasteiger partial charge is 0.494 e. The van der Waals surface area contributed by atoms with Gasteiger partial charge in [-0.2, -0.15) is 4.31 Å². The molecule has 1 aliphatic heterocycles. The average Bonchev–Trinajstić information content (AvgIpc) is 2.87. The van der Waals surface area contributed by atoms with Crippen LogP contribution in [0.4, 0.5) is 5.69 Å². The van der Waals surface area contributed by atoms with Crippen LogP contribution in [0.1, 0.15) is 25.3 Å². The Labute approximate surface area is 206 Å². The molecule has 0 spiro atoms. The Morgan fingerprint density at radius 3 is 2.43 bits per heavy atom. The number of piperidine rings is 1. The van der Waals surface area contributed by atoms with Gasteiger partial charge in [0.15, 0.2) is 0 Å². The van der Waals surface area contributed by atoms with Crippen molar-refractivity contribution in [3.8, 4) is 17.2 Å². The molecule has 0 aliphatic carbocycles. The van der Waals surface area contributed by atoms with Gasteiger partial charge in [0, 0.05) is 18.8 Å². The van der Waals surface area contributed by atoms with Gasteiger partial charge in [0.05, 0.1) is 17.4 Å². The molecule has 0 unspecified atom stereocenters. The first kappa shape index (κ1) is 24.8. The van der Waals surface area contributed by atoms with Crippen LogP contribution >= 0.6 is 0 Å². The van der Waals surface area contributed by atoms with Gasteiger partial charge in [-0.1, -0.05) is 18.2 Å². The van der Waals surface area contributed by atoms with Gasteiger partial charge in [0.1, 0.15) is 17.2 Å². The normalized spacial score (nSPS) is 16.5. The van der Waals surface area contributed by atoms with Gasteiger partial charge in [-0.3, -0.25) is 4.79 Å². The van der Waals surface area contributed by atoms with Crippen molar-refractivity contribution in [2.24, 2.45) is 5.92 Å². The molecule has 0 saturated carbocycles. The van der Waals surface area contributed by atoms with Gasteiger partial charge in [-0.15, -0.1) is 0 Å². The molecule has 1 N–H and O–H groups in total. The van der Waals surface area contributed by atoms with Crippen LogP contribution in [0.2, 0.25) is 0 Å². The SMILES string of the molecule is CCOc1ccc(S(=O)(=O)N2CCC[C@@H](C(=O)Nc3ccc(Oc4ccccc4)cc3)C2)cc1C. The van der Waals surface area contributed by atoms with Gasteiger partial charge >= 0.3 is 0 Å². The molecule has 1 saturated heterocycles. The summed E-state index contributed by atoms with van der Waals surface area (Å²) in [6, 6.07) is 21.5. The first-order chi connectivity index (χ1) is 16.9. The summed E-state index contributed by atoms with van der Waals surface area (Å²) in [5.41, 5.74) is 1.40. The second kappa shape index (κ2) is 10.9. The zero-order valence-corrected chi connectivity index (χ0v) is 20.8. The summed E-state index contributed by atoms with van der Waals surface area (Å²) in [5.74, 6) is 1.44. The number of carbonyl (C=O) groups is 1. The lowest BCUT2D eigenvalue weighted by molar-refractivity contribution is -0.120. The lowest BCUT2D eigenvalue weighted by atomic mass is 9.99. The summed E-state index contributed by atoms with van der Waals surface area (Å²) in [6.45, 7) is 4.76. The van der Waals surface area contributed by atoms with Crippen LogP contribution in [0.3, 0.4) is 0 Å². The van der Waals surface area contributed by atoms with Gasteiger partial charge < -0.3 is 14.8 Å². The molecule has 4 rings (SSSR count). The van der Waals surface area contributed by atoms with Crippen molar-refractivity contribution in [2.75, 3.05) is 25.0 Å². The van der Waals surface area contributed by atoms with E-state index in [1.165, 1.54) is 4.31 Å². The Morgan fingerprint density at radius 1 is 1.03 bits per heavy atom. The van der Waals surface area contributed by atoms with Crippen LogP contribution in [0.5, 0.6) is 17.2 Å². The van der Waals surface area contributed by atoms with E-state index in [-0.39, 0.29) is 17.3 Å². The summed E-state index contributed by atoms with van der Waals surface area (Å²) in [5, 5.41) is 2.91. The molecule has 8 heteroatoms.